The first-order chi connectivity index (χ1) is 14.6. The Balaban J connectivity index is 1.69. The van der Waals surface area contributed by atoms with E-state index in [2.05, 4.69) is 5.92 Å². The molecule has 0 unspecified atom stereocenters. The summed E-state index contributed by atoms with van der Waals surface area (Å²) in [4.78, 5) is 37.0. The minimum absolute atomic E-state index is 0.0405. The van der Waals surface area contributed by atoms with Crippen LogP contribution in [-0.4, -0.2) is 57.8 Å². The quantitative estimate of drug-likeness (QED) is 0.248. The summed E-state index contributed by atoms with van der Waals surface area (Å²) in [5.41, 5.74) is -3.72. The lowest BCUT2D eigenvalue weighted by atomic mass is 9.95. The molecule has 0 aliphatic carbocycles. The number of esters is 1. The van der Waals surface area contributed by atoms with Gasteiger partial charge in [-0.15, -0.1) is 6.42 Å². The van der Waals surface area contributed by atoms with Gasteiger partial charge in [-0.2, -0.15) is 0 Å². The topological polar surface area (TPSA) is 155 Å². The van der Waals surface area contributed by atoms with Crippen LogP contribution in [0.3, 0.4) is 0 Å². The second kappa shape index (κ2) is 9.08. The van der Waals surface area contributed by atoms with Crippen LogP contribution in [0.15, 0.2) is 21.9 Å². The Morgan fingerprint density at radius 3 is 2.90 bits per heavy atom. The lowest BCUT2D eigenvalue weighted by molar-refractivity contribution is -0.147. The van der Waals surface area contributed by atoms with E-state index in [0.717, 1.165) is 16.8 Å². The molecule has 1 aromatic heterocycles. The van der Waals surface area contributed by atoms with Crippen LogP contribution in [0.4, 0.5) is 0 Å². The molecule has 170 valence electrons. The molecule has 2 fully saturated rings. The van der Waals surface area contributed by atoms with Gasteiger partial charge in [-0.1, -0.05) is 5.92 Å². The number of nitrogens with one attached hydrogen (secondary N) is 1. The van der Waals surface area contributed by atoms with Crippen molar-refractivity contribution in [3.63, 3.8) is 0 Å². The predicted molar refractivity (Wildman–Crippen MR) is 104 cm³/mol. The number of carbonyl (C=O) groups excluding carboxylic acids is 1. The van der Waals surface area contributed by atoms with Crippen LogP contribution < -0.4 is 11.2 Å². The molecule has 5 atom stereocenters. The summed E-state index contributed by atoms with van der Waals surface area (Å²) in [5.74, 6) is 1.70. The van der Waals surface area contributed by atoms with Gasteiger partial charge in [0.05, 0.1) is 19.3 Å². The number of ether oxygens (including phenoxy) is 2. The summed E-state index contributed by atoms with van der Waals surface area (Å²) >= 11 is 0. The number of terminal acetylenes is 1. The fraction of sp³-hybridized carbons (Fsp3) is 0.611. The van der Waals surface area contributed by atoms with Gasteiger partial charge in [-0.25, -0.2) is 9.36 Å². The van der Waals surface area contributed by atoms with Gasteiger partial charge < -0.3 is 14.6 Å². The average Bonchev–Trinajstić information content (AvgIpc) is 2.97. The molecule has 0 bridgehead atoms. The van der Waals surface area contributed by atoms with E-state index in [-0.39, 0.29) is 32.2 Å². The highest BCUT2D eigenvalue weighted by Crippen LogP contribution is 2.58. The summed E-state index contributed by atoms with van der Waals surface area (Å²) in [6.07, 6.45) is 2.86. The second-order valence-electron chi connectivity index (χ2n) is 7.26. The molecule has 0 spiro atoms. The minimum atomic E-state index is -4.13. The molecule has 2 N–H and O–H groups in total. The number of aromatic amines is 1. The number of carbonyl (C=O) groups is 1. The average molecular weight is 458 g/mol. The summed E-state index contributed by atoms with van der Waals surface area (Å²) in [7, 11) is -4.13. The maximum absolute atomic E-state index is 12.8. The van der Waals surface area contributed by atoms with Gasteiger partial charge in [-0.3, -0.25) is 32.7 Å². The van der Waals surface area contributed by atoms with Crippen molar-refractivity contribution in [3.05, 3.63) is 33.1 Å². The Morgan fingerprint density at radius 1 is 1.52 bits per heavy atom. The molecular weight excluding hydrogens is 435 g/mol. The van der Waals surface area contributed by atoms with Gasteiger partial charge in [0.15, 0.2) is 11.8 Å². The number of phosphoric ester groups is 1. The first kappa shape index (κ1) is 23.4. The van der Waals surface area contributed by atoms with E-state index in [0.29, 0.717) is 0 Å². The number of aliphatic hydroxyl groups is 1. The SMILES string of the molecule is C#C[C@@]1(O)[C@@H]2O[P@@](=O)(OCCCC(=O)OC(C)C)OC[C@H]2O[C@H]1n1ccc(=O)[nH]c1=O. The van der Waals surface area contributed by atoms with Crippen molar-refractivity contribution < 1.29 is 37.5 Å². The van der Waals surface area contributed by atoms with E-state index in [1.54, 1.807) is 13.8 Å². The van der Waals surface area contributed by atoms with E-state index in [4.69, 9.17) is 29.5 Å². The minimum Gasteiger partial charge on any atom is -0.463 e. The predicted octanol–water partition coefficient (Wildman–Crippen LogP) is 0.0702. The van der Waals surface area contributed by atoms with Crippen LogP contribution in [-0.2, 0) is 32.4 Å². The zero-order valence-electron chi connectivity index (χ0n) is 16.9. The Labute approximate surface area is 177 Å². The molecular formula is C18H23N2O10P. The first-order valence-electron chi connectivity index (χ1n) is 9.52. The summed E-state index contributed by atoms with van der Waals surface area (Å²) in [5, 5.41) is 11.0. The Bertz CT molecular complexity index is 1030. The zero-order chi connectivity index (χ0) is 22.8. The van der Waals surface area contributed by atoms with Crippen molar-refractivity contribution in [3.8, 4) is 12.3 Å². The second-order valence-corrected chi connectivity index (χ2v) is 8.88. The molecule has 2 aliphatic heterocycles. The molecule has 2 saturated heterocycles. The molecule has 0 aromatic carbocycles. The van der Waals surface area contributed by atoms with E-state index in [1.165, 1.54) is 0 Å². The van der Waals surface area contributed by atoms with E-state index >= 15 is 0 Å². The van der Waals surface area contributed by atoms with Crippen molar-refractivity contribution in [1.29, 1.82) is 0 Å². The highest BCUT2D eigenvalue weighted by molar-refractivity contribution is 7.48. The van der Waals surface area contributed by atoms with Crippen LogP contribution in [0.25, 0.3) is 0 Å². The van der Waals surface area contributed by atoms with Crippen LogP contribution in [0, 0.1) is 12.3 Å². The monoisotopic (exact) mass is 458 g/mol. The maximum atomic E-state index is 12.8. The molecule has 31 heavy (non-hydrogen) atoms. The summed E-state index contributed by atoms with van der Waals surface area (Å²) < 4.78 is 40.1. The van der Waals surface area contributed by atoms with Crippen molar-refractivity contribution in [2.75, 3.05) is 13.2 Å². The lowest BCUT2D eigenvalue weighted by Crippen LogP contribution is -2.50. The van der Waals surface area contributed by atoms with Gasteiger partial charge in [-0.05, 0) is 20.3 Å². The van der Waals surface area contributed by atoms with Crippen LogP contribution in [0.2, 0.25) is 0 Å². The highest BCUT2D eigenvalue weighted by Gasteiger charge is 2.62. The number of H-pyrrole nitrogens is 1. The number of aromatic nitrogens is 2. The van der Waals surface area contributed by atoms with Crippen LogP contribution >= 0.6 is 7.82 Å². The van der Waals surface area contributed by atoms with Crippen molar-refractivity contribution in [2.45, 2.75) is 56.8 Å². The van der Waals surface area contributed by atoms with E-state index in [1.807, 2.05) is 4.98 Å². The number of hydrogen-bond acceptors (Lipinski definition) is 10. The molecule has 0 radical (unpaired) electrons. The third kappa shape index (κ3) is 4.98. The number of rotatable bonds is 7. The van der Waals surface area contributed by atoms with Crippen molar-refractivity contribution in [2.24, 2.45) is 0 Å². The molecule has 3 rings (SSSR count). The number of nitrogens with zero attached hydrogens (tertiary/aromatic N) is 1. The standard InChI is InChI=1S/C18H23N2O10P/c1-4-18(24)15-12(29-16(18)20-8-7-13(21)19-17(20)23)10-27-31(25,30-15)26-9-5-6-14(22)28-11(2)3/h1,7-8,11-12,15-16,24H,5-6,9-10H2,2-3H3,(H,19,21,23)/t12-,15-,16-,18-,31+/m1/s1. The zero-order valence-corrected chi connectivity index (χ0v) is 17.8. The lowest BCUT2D eigenvalue weighted by Gasteiger charge is -2.34. The van der Waals surface area contributed by atoms with Crippen LogP contribution in [0.5, 0.6) is 0 Å². The number of hydrogen-bond donors (Lipinski definition) is 2. The van der Waals surface area contributed by atoms with Gasteiger partial charge in [0.1, 0.15) is 12.2 Å². The number of fused-ring (bicyclic) bond motifs is 1. The molecule has 0 amide bonds. The third-order valence-electron chi connectivity index (χ3n) is 4.57. The molecule has 1 aromatic rings. The van der Waals surface area contributed by atoms with Crippen LogP contribution in [0.1, 0.15) is 32.9 Å². The van der Waals surface area contributed by atoms with Crippen molar-refractivity contribution >= 4 is 13.8 Å². The smallest absolute Gasteiger partial charge is 0.463 e. The Morgan fingerprint density at radius 2 is 2.26 bits per heavy atom. The normalized spacial score (nSPS) is 32.4. The van der Waals surface area contributed by atoms with Gasteiger partial charge in [0.25, 0.3) is 5.56 Å². The van der Waals surface area contributed by atoms with E-state index in [9.17, 15) is 24.1 Å². The summed E-state index contributed by atoms with van der Waals surface area (Å²) in [6.45, 7) is 3.00. The van der Waals surface area contributed by atoms with E-state index < -0.39 is 49.1 Å². The maximum Gasteiger partial charge on any atom is 0.475 e. The molecule has 0 saturated carbocycles. The fourth-order valence-corrected chi connectivity index (χ4v) is 4.65. The summed E-state index contributed by atoms with van der Waals surface area (Å²) in [6, 6.07) is 1.05. The fourth-order valence-electron chi connectivity index (χ4n) is 3.20. The molecule has 13 heteroatoms. The molecule has 3 heterocycles. The first-order valence-corrected chi connectivity index (χ1v) is 11.0. The Kier molecular flexibility index (Phi) is 6.85. The highest BCUT2D eigenvalue weighted by atomic mass is 31.2. The number of phosphoric acid groups is 1. The molecule has 12 nitrogen and oxygen atoms in total. The third-order valence-corrected chi connectivity index (χ3v) is 6.02. The van der Waals surface area contributed by atoms with Gasteiger partial charge >= 0.3 is 19.5 Å². The molecule has 2 aliphatic rings. The van der Waals surface area contributed by atoms with Gasteiger partial charge in [0.2, 0.25) is 0 Å². The van der Waals surface area contributed by atoms with Crippen molar-refractivity contribution in [1.82, 2.24) is 9.55 Å². The van der Waals surface area contributed by atoms with Gasteiger partial charge in [0, 0.05) is 18.7 Å². The Hall–Kier alpha value is -2.26. The largest absolute Gasteiger partial charge is 0.475 e.